The van der Waals surface area contributed by atoms with Crippen molar-refractivity contribution >= 4 is 5.97 Å². The number of rotatable bonds is 8. The van der Waals surface area contributed by atoms with E-state index < -0.39 is 12.0 Å². The Balaban J connectivity index is 1.82. The molecule has 1 atom stereocenters. The first-order valence-corrected chi connectivity index (χ1v) is 9.47. The van der Waals surface area contributed by atoms with Crippen LogP contribution in [0.3, 0.4) is 0 Å². The minimum Gasteiger partial charge on any atom is -0.489 e. The Bertz CT molecular complexity index is 1000. The third-order valence-electron chi connectivity index (χ3n) is 4.92. The zero-order valence-corrected chi connectivity index (χ0v) is 16.3. The lowest BCUT2D eigenvalue weighted by Crippen LogP contribution is -2.16. The average molecular weight is 391 g/mol. The van der Waals surface area contributed by atoms with Gasteiger partial charge in [-0.25, -0.2) is 0 Å². The highest BCUT2D eigenvalue weighted by Gasteiger charge is 2.12. The van der Waals surface area contributed by atoms with Gasteiger partial charge in [0.15, 0.2) is 0 Å². The Morgan fingerprint density at radius 3 is 2.59 bits per heavy atom. The molecular weight excluding hydrogens is 366 g/mol. The van der Waals surface area contributed by atoms with E-state index in [-0.39, 0.29) is 13.0 Å². The fourth-order valence-electron chi connectivity index (χ4n) is 3.41. The molecule has 0 aliphatic heterocycles. The maximum atomic E-state index is 11.0. The number of carboxylic acid groups (broad SMARTS) is 1. The van der Waals surface area contributed by atoms with E-state index in [0.29, 0.717) is 17.9 Å². The number of hydrogen-bond donors (Lipinski definition) is 3. The van der Waals surface area contributed by atoms with Gasteiger partial charge in [0.2, 0.25) is 0 Å². The van der Waals surface area contributed by atoms with Crippen molar-refractivity contribution in [2.45, 2.75) is 26.0 Å². The summed E-state index contributed by atoms with van der Waals surface area (Å²) in [7, 11) is 0. The monoisotopic (exact) mass is 391 g/mol. The van der Waals surface area contributed by atoms with E-state index in [0.717, 1.165) is 27.8 Å². The van der Waals surface area contributed by atoms with Crippen LogP contribution in [-0.2, 0) is 17.8 Å². The quantitative estimate of drug-likeness (QED) is 0.542. The number of aliphatic hydroxyl groups is 1. The van der Waals surface area contributed by atoms with Gasteiger partial charge >= 0.3 is 5.97 Å². The third kappa shape index (κ3) is 5.02. The molecule has 0 saturated carbocycles. The Hall–Kier alpha value is -3.15. The molecule has 5 nitrogen and oxygen atoms in total. The first kappa shape index (κ1) is 20.6. The van der Waals surface area contributed by atoms with E-state index in [2.05, 4.69) is 6.07 Å². The zero-order valence-electron chi connectivity index (χ0n) is 16.3. The lowest BCUT2D eigenvalue weighted by molar-refractivity contribution is -0.136. The molecular formula is C24H25NO4. The van der Waals surface area contributed by atoms with Crippen LogP contribution in [0.15, 0.2) is 66.7 Å². The third-order valence-corrected chi connectivity index (χ3v) is 4.92. The molecule has 5 heteroatoms. The largest absolute Gasteiger partial charge is 0.489 e. The second-order valence-corrected chi connectivity index (χ2v) is 6.98. The molecule has 0 heterocycles. The van der Waals surface area contributed by atoms with Crippen LogP contribution in [0.4, 0.5) is 0 Å². The number of hydrogen-bond acceptors (Lipinski definition) is 4. The predicted octanol–water partition coefficient (Wildman–Crippen LogP) is 3.86. The maximum absolute atomic E-state index is 11.0. The van der Waals surface area contributed by atoms with E-state index in [4.69, 9.17) is 15.6 Å². The summed E-state index contributed by atoms with van der Waals surface area (Å²) in [6.07, 6.45) is -0.0761. The molecule has 0 fully saturated rings. The molecule has 0 aliphatic rings. The molecule has 150 valence electrons. The van der Waals surface area contributed by atoms with Gasteiger partial charge in [0, 0.05) is 5.56 Å². The topological polar surface area (TPSA) is 92.8 Å². The number of ether oxygens (including phenoxy) is 1. The van der Waals surface area contributed by atoms with Gasteiger partial charge in [0.25, 0.3) is 0 Å². The van der Waals surface area contributed by atoms with Crippen LogP contribution in [0, 0.1) is 6.92 Å². The molecule has 3 rings (SSSR count). The van der Waals surface area contributed by atoms with Crippen LogP contribution < -0.4 is 10.5 Å². The van der Waals surface area contributed by atoms with Crippen LogP contribution >= 0.6 is 0 Å². The van der Waals surface area contributed by atoms with Crippen molar-refractivity contribution in [3.8, 4) is 16.9 Å². The standard InChI is InChI=1S/C24H25NO4/c1-16-20(9-5-10-21(16)22(25)14-26)18-8-4-6-17(12-18)15-29-23-11-3-2-7-19(23)13-24(27)28/h2-12,22,26H,13-15,25H2,1H3,(H,27,28)/t22-/m1/s1. The highest BCUT2D eigenvalue weighted by molar-refractivity contribution is 5.71. The van der Waals surface area contributed by atoms with Gasteiger partial charge in [-0.3, -0.25) is 4.79 Å². The lowest BCUT2D eigenvalue weighted by Gasteiger charge is -2.16. The molecule has 0 spiro atoms. The molecule has 3 aromatic carbocycles. The number of aliphatic carboxylic acids is 1. The molecule has 0 saturated heterocycles. The fraction of sp³-hybridized carbons (Fsp3) is 0.208. The van der Waals surface area contributed by atoms with E-state index in [1.807, 2.05) is 49.4 Å². The smallest absolute Gasteiger partial charge is 0.307 e. The second-order valence-electron chi connectivity index (χ2n) is 6.98. The minimum atomic E-state index is -0.889. The zero-order chi connectivity index (χ0) is 20.8. The Morgan fingerprint density at radius 1 is 1.07 bits per heavy atom. The van der Waals surface area contributed by atoms with Crippen molar-refractivity contribution in [3.63, 3.8) is 0 Å². The molecule has 0 radical (unpaired) electrons. The molecule has 0 amide bonds. The fourth-order valence-corrected chi connectivity index (χ4v) is 3.41. The number of benzene rings is 3. The summed E-state index contributed by atoms with van der Waals surface area (Å²) in [4.78, 5) is 11.0. The molecule has 0 unspecified atom stereocenters. The summed E-state index contributed by atoms with van der Waals surface area (Å²) in [5.74, 6) is -0.313. The normalized spacial score (nSPS) is 11.8. The van der Waals surface area contributed by atoms with Gasteiger partial charge in [-0.15, -0.1) is 0 Å². The minimum absolute atomic E-state index is 0.0761. The van der Waals surface area contributed by atoms with Crippen molar-refractivity contribution in [1.82, 2.24) is 0 Å². The maximum Gasteiger partial charge on any atom is 0.307 e. The number of aliphatic hydroxyl groups excluding tert-OH is 1. The molecule has 4 N–H and O–H groups in total. The van der Waals surface area contributed by atoms with E-state index in [9.17, 15) is 9.90 Å². The van der Waals surface area contributed by atoms with Crippen LogP contribution in [-0.4, -0.2) is 22.8 Å². The summed E-state index contributed by atoms with van der Waals surface area (Å²) < 4.78 is 5.91. The van der Waals surface area contributed by atoms with Gasteiger partial charge in [-0.2, -0.15) is 0 Å². The van der Waals surface area contributed by atoms with Crippen LogP contribution in [0.25, 0.3) is 11.1 Å². The summed E-state index contributed by atoms with van der Waals surface area (Å²) in [6, 6.07) is 20.7. The molecule has 29 heavy (non-hydrogen) atoms. The van der Waals surface area contributed by atoms with Crippen LogP contribution in [0.1, 0.15) is 28.3 Å². The Kier molecular flexibility index (Phi) is 6.65. The van der Waals surface area contributed by atoms with E-state index in [1.54, 1.807) is 18.2 Å². The molecule has 0 aromatic heterocycles. The van der Waals surface area contributed by atoms with Crippen molar-refractivity contribution in [1.29, 1.82) is 0 Å². The molecule has 3 aromatic rings. The molecule has 0 bridgehead atoms. The average Bonchev–Trinajstić information content (AvgIpc) is 2.72. The van der Waals surface area contributed by atoms with Gasteiger partial charge < -0.3 is 20.7 Å². The highest BCUT2D eigenvalue weighted by Crippen LogP contribution is 2.29. The summed E-state index contributed by atoms with van der Waals surface area (Å²) in [6.45, 7) is 2.23. The first-order chi connectivity index (χ1) is 14.0. The van der Waals surface area contributed by atoms with Crippen molar-refractivity contribution in [2.24, 2.45) is 5.73 Å². The van der Waals surface area contributed by atoms with Crippen molar-refractivity contribution in [3.05, 3.63) is 89.0 Å². The number of nitrogens with two attached hydrogens (primary N) is 1. The Morgan fingerprint density at radius 2 is 1.83 bits per heavy atom. The van der Waals surface area contributed by atoms with E-state index in [1.165, 1.54) is 0 Å². The highest BCUT2D eigenvalue weighted by atomic mass is 16.5. The van der Waals surface area contributed by atoms with Gasteiger partial charge in [-0.1, -0.05) is 54.6 Å². The van der Waals surface area contributed by atoms with Gasteiger partial charge in [0.05, 0.1) is 19.1 Å². The first-order valence-electron chi connectivity index (χ1n) is 9.47. The summed E-state index contributed by atoms with van der Waals surface area (Å²) in [5.41, 5.74) is 11.7. The second kappa shape index (κ2) is 9.37. The van der Waals surface area contributed by atoms with E-state index >= 15 is 0 Å². The number of carboxylic acids is 1. The Labute approximate surface area is 170 Å². The van der Waals surface area contributed by atoms with Gasteiger partial charge in [-0.05, 0) is 46.9 Å². The van der Waals surface area contributed by atoms with Crippen molar-refractivity contribution < 1.29 is 19.7 Å². The lowest BCUT2D eigenvalue weighted by atomic mass is 9.93. The van der Waals surface area contributed by atoms with Crippen LogP contribution in [0.2, 0.25) is 0 Å². The number of para-hydroxylation sites is 1. The summed E-state index contributed by atoms with van der Waals surface area (Å²) >= 11 is 0. The van der Waals surface area contributed by atoms with Gasteiger partial charge in [0.1, 0.15) is 12.4 Å². The predicted molar refractivity (Wildman–Crippen MR) is 113 cm³/mol. The summed E-state index contributed by atoms with van der Waals surface area (Å²) in [5, 5.41) is 18.5. The SMILES string of the molecule is Cc1c(-c2cccc(COc3ccccc3CC(=O)O)c2)cccc1[C@H](N)CO. The van der Waals surface area contributed by atoms with Crippen molar-refractivity contribution in [2.75, 3.05) is 6.61 Å². The molecule has 0 aliphatic carbocycles. The van der Waals surface area contributed by atoms with Crippen LogP contribution in [0.5, 0.6) is 5.75 Å². The number of carbonyl (C=O) groups is 1.